The Balaban J connectivity index is 3.08. The lowest BCUT2D eigenvalue weighted by Crippen LogP contribution is -2.40. The average molecular weight is 281 g/mol. The van der Waals surface area contributed by atoms with Gasteiger partial charge in [-0.3, -0.25) is 5.41 Å². The molecular formula is C13H23N5O2. The van der Waals surface area contributed by atoms with E-state index in [1.54, 1.807) is 20.3 Å². The monoisotopic (exact) mass is 281 g/mol. The minimum absolute atomic E-state index is 0.0668. The van der Waals surface area contributed by atoms with Crippen LogP contribution < -0.4 is 10.6 Å². The maximum absolute atomic E-state index is 7.52. The second-order valence-electron chi connectivity index (χ2n) is 4.60. The van der Waals surface area contributed by atoms with Crippen LogP contribution in [0.5, 0.6) is 0 Å². The van der Waals surface area contributed by atoms with Crippen LogP contribution in [-0.4, -0.2) is 55.8 Å². The summed E-state index contributed by atoms with van der Waals surface area (Å²) in [7, 11) is 3.31. The first kappa shape index (κ1) is 16.3. The molecule has 0 aliphatic rings. The van der Waals surface area contributed by atoms with Crippen LogP contribution in [0.4, 0.5) is 5.95 Å². The Morgan fingerprint density at radius 2 is 2.10 bits per heavy atom. The summed E-state index contributed by atoms with van der Waals surface area (Å²) in [6, 6.07) is 1.79. The molecule has 1 rings (SSSR count). The number of nitrogens with two attached hydrogens (primary N) is 1. The van der Waals surface area contributed by atoms with Gasteiger partial charge >= 0.3 is 0 Å². The largest absolute Gasteiger partial charge is 0.383 e. The van der Waals surface area contributed by atoms with E-state index >= 15 is 0 Å². The van der Waals surface area contributed by atoms with Crippen LogP contribution in [0, 0.1) is 12.3 Å². The third kappa shape index (κ3) is 4.43. The van der Waals surface area contributed by atoms with E-state index in [4.69, 9.17) is 20.6 Å². The van der Waals surface area contributed by atoms with Crippen molar-refractivity contribution in [3.8, 4) is 0 Å². The molecule has 1 aromatic rings. The number of amidine groups is 1. The van der Waals surface area contributed by atoms with Gasteiger partial charge in [0.2, 0.25) is 5.95 Å². The van der Waals surface area contributed by atoms with Gasteiger partial charge in [0, 0.05) is 26.5 Å². The number of nitrogens with zero attached hydrogens (tertiary/aromatic N) is 3. The van der Waals surface area contributed by atoms with Gasteiger partial charge in [0.1, 0.15) is 11.5 Å². The predicted molar refractivity (Wildman–Crippen MR) is 78.3 cm³/mol. The molecule has 7 nitrogen and oxygen atoms in total. The first-order valence-corrected chi connectivity index (χ1v) is 6.44. The first-order valence-electron chi connectivity index (χ1n) is 6.44. The molecule has 0 bridgehead atoms. The molecule has 0 amide bonds. The quantitative estimate of drug-likeness (QED) is 0.533. The average Bonchev–Trinajstić information content (AvgIpc) is 2.38. The number of aromatic nitrogens is 2. The van der Waals surface area contributed by atoms with Gasteiger partial charge in [0.05, 0.1) is 19.3 Å². The Morgan fingerprint density at radius 1 is 1.40 bits per heavy atom. The van der Waals surface area contributed by atoms with Crippen LogP contribution in [0.1, 0.15) is 18.3 Å². The Hall–Kier alpha value is -1.73. The van der Waals surface area contributed by atoms with Crippen LogP contribution in [0.15, 0.2) is 6.07 Å². The highest BCUT2D eigenvalue weighted by Crippen LogP contribution is 2.13. The molecule has 1 unspecified atom stereocenters. The molecular weight excluding hydrogens is 258 g/mol. The van der Waals surface area contributed by atoms with Crippen LogP contribution in [0.2, 0.25) is 0 Å². The topological polar surface area (TPSA) is 97.4 Å². The van der Waals surface area contributed by atoms with Gasteiger partial charge in [-0.15, -0.1) is 0 Å². The first-order chi connectivity index (χ1) is 9.49. The summed E-state index contributed by atoms with van der Waals surface area (Å²) in [6.07, 6.45) is 0. The van der Waals surface area contributed by atoms with Gasteiger partial charge < -0.3 is 20.1 Å². The molecule has 0 aliphatic carbocycles. The maximum Gasteiger partial charge on any atom is 0.226 e. The van der Waals surface area contributed by atoms with Crippen molar-refractivity contribution in [2.24, 2.45) is 5.73 Å². The molecule has 112 valence electrons. The minimum Gasteiger partial charge on any atom is -0.383 e. The molecule has 0 fully saturated rings. The summed E-state index contributed by atoms with van der Waals surface area (Å²) >= 11 is 0. The van der Waals surface area contributed by atoms with E-state index in [1.807, 2.05) is 18.7 Å². The third-order valence-corrected chi connectivity index (χ3v) is 2.85. The number of hydrogen-bond donors (Lipinski definition) is 2. The van der Waals surface area contributed by atoms with Crippen LogP contribution in [-0.2, 0) is 9.47 Å². The molecule has 0 spiro atoms. The smallest absolute Gasteiger partial charge is 0.226 e. The normalized spacial score (nSPS) is 12.2. The molecule has 0 saturated carbocycles. The molecule has 0 radical (unpaired) electrons. The molecule has 7 heteroatoms. The van der Waals surface area contributed by atoms with Crippen molar-refractivity contribution < 1.29 is 9.47 Å². The van der Waals surface area contributed by atoms with Gasteiger partial charge in [-0.05, 0) is 19.9 Å². The number of methoxy groups -OCH3 is 2. The number of nitrogen functional groups attached to an aromatic ring is 1. The van der Waals surface area contributed by atoms with E-state index in [2.05, 4.69) is 9.97 Å². The van der Waals surface area contributed by atoms with E-state index in [1.165, 1.54) is 0 Å². The molecule has 3 N–H and O–H groups in total. The Kier molecular flexibility index (Phi) is 6.33. The van der Waals surface area contributed by atoms with E-state index in [0.29, 0.717) is 31.4 Å². The highest BCUT2D eigenvalue weighted by atomic mass is 16.5. The summed E-state index contributed by atoms with van der Waals surface area (Å²) < 4.78 is 10.3. The zero-order chi connectivity index (χ0) is 15.1. The lowest BCUT2D eigenvalue weighted by atomic mass is 10.3. The lowest BCUT2D eigenvalue weighted by molar-refractivity contribution is 0.170. The van der Waals surface area contributed by atoms with Crippen molar-refractivity contribution in [2.45, 2.75) is 19.9 Å². The van der Waals surface area contributed by atoms with Crippen LogP contribution in [0.25, 0.3) is 0 Å². The molecule has 0 saturated heterocycles. The third-order valence-electron chi connectivity index (χ3n) is 2.85. The number of rotatable bonds is 8. The van der Waals surface area contributed by atoms with E-state index in [9.17, 15) is 0 Å². The van der Waals surface area contributed by atoms with Crippen molar-refractivity contribution >= 4 is 11.8 Å². The Morgan fingerprint density at radius 3 is 2.65 bits per heavy atom. The fraction of sp³-hybridized carbons (Fsp3) is 0.615. The molecule has 0 aromatic carbocycles. The van der Waals surface area contributed by atoms with Crippen molar-refractivity contribution in [3.63, 3.8) is 0 Å². The summed E-state index contributed by atoms with van der Waals surface area (Å²) in [5, 5.41) is 7.52. The highest BCUT2D eigenvalue weighted by molar-refractivity contribution is 5.93. The number of aryl methyl sites for hydroxylation is 1. The lowest BCUT2D eigenvalue weighted by Gasteiger charge is -2.29. The van der Waals surface area contributed by atoms with Gasteiger partial charge in [0.25, 0.3) is 0 Å². The molecule has 1 heterocycles. The summed E-state index contributed by atoms with van der Waals surface area (Å²) in [5.74, 6) is 0.472. The fourth-order valence-corrected chi connectivity index (χ4v) is 1.86. The molecule has 0 aliphatic heterocycles. The SMILES string of the molecule is COCCN(c1nc(C)cc(C(=N)N)n1)C(C)COC. The number of ether oxygens (including phenoxy) is 2. The second kappa shape index (κ2) is 7.76. The highest BCUT2D eigenvalue weighted by Gasteiger charge is 2.18. The molecule has 1 aromatic heterocycles. The van der Waals surface area contributed by atoms with Crippen molar-refractivity contribution in [1.29, 1.82) is 5.41 Å². The van der Waals surface area contributed by atoms with E-state index in [0.717, 1.165) is 5.69 Å². The minimum atomic E-state index is -0.0668. The van der Waals surface area contributed by atoms with E-state index < -0.39 is 0 Å². The fourth-order valence-electron chi connectivity index (χ4n) is 1.86. The van der Waals surface area contributed by atoms with Crippen molar-refractivity contribution in [2.75, 3.05) is 38.9 Å². The maximum atomic E-state index is 7.52. The summed E-state index contributed by atoms with van der Waals surface area (Å²) in [6.45, 7) is 5.63. The zero-order valence-electron chi connectivity index (χ0n) is 12.5. The standard InChI is InChI=1S/C13H23N5O2/c1-9-7-11(12(14)15)17-13(16-9)18(5-6-19-3)10(2)8-20-4/h7,10H,5-6,8H2,1-4H3,(H3,14,15). The molecule has 1 atom stereocenters. The van der Waals surface area contributed by atoms with Gasteiger partial charge in [-0.25, -0.2) is 9.97 Å². The van der Waals surface area contributed by atoms with Crippen LogP contribution >= 0.6 is 0 Å². The number of anilines is 1. The Labute approximate surface area is 119 Å². The van der Waals surface area contributed by atoms with E-state index in [-0.39, 0.29) is 11.9 Å². The predicted octanol–water partition coefficient (Wildman–Crippen LogP) is 0.557. The van der Waals surface area contributed by atoms with Crippen LogP contribution in [0.3, 0.4) is 0 Å². The zero-order valence-corrected chi connectivity index (χ0v) is 12.5. The second-order valence-corrected chi connectivity index (χ2v) is 4.60. The van der Waals surface area contributed by atoms with Gasteiger partial charge in [0.15, 0.2) is 0 Å². The summed E-state index contributed by atoms with van der Waals surface area (Å²) in [5.41, 5.74) is 6.71. The summed E-state index contributed by atoms with van der Waals surface area (Å²) in [4.78, 5) is 10.8. The molecule has 20 heavy (non-hydrogen) atoms. The number of nitrogens with one attached hydrogen (secondary N) is 1. The van der Waals surface area contributed by atoms with Gasteiger partial charge in [-0.2, -0.15) is 0 Å². The van der Waals surface area contributed by atoms with Crippen molar-refractivity contribution in [3.05, 3.63) is 17.5 Å². The van der Waals surface area contributed by atoms with Gasteiger partial charge in [-0.1, -0.05) is 0 Å². The Bertz CT molecular complexity index is 452. The van der Waals surface area contributed by atoms with Crippen molar-refractivity contribution in [1.82, 2.24) is 9.97 Å². The number of hydrogen-bond acceptors (Lipinski definition) is 6.